The van der Waals surface area contributed by atoms with Crippen LogP contribution < -0.4 is 5.69 Å². The van der Waals surface area contributed by atoms with Gasteiger partial charge in [0.1, 0.15) is 0 Å². The molecular formula is C14H11N3O3. The number of carboxylic acids is 1. The molecule has 0 radical (unpaired) electrons. The first-order valence-electron chi connectivity index (χ1n) is 6.00. The molecule has 0 unspecified atom stereocenters. The number of aromatic nitrogens is 3. The molecule has 100 valence electrons. The number of aromatic amines is 1. The minimum Gasteiger partial charge on any atom is -0.478 e. The van der Waals surface area contributed by atoms with Crippen LogP contribution >= 0.6 is 0 Å². The Morgan fingerprint density at radius 3 is 2.90 bits per heavy atom. The Morgan fingerprint density at radius 1 is 1.35 bits per heavy atom. The van der Waals surface area contributed by atoms with Gasteiger partial charge >= 0.3 is 11.7 Å². The van der Waals surface area contributed by atoms with Gasteiger partial charge in [-0.2, -0.15) is 0 Å². The molecule has 2 N–H and O–H groups in total. The lowest BCUT2D eigenvalue weighted by molar-refractivity contribution is 0.0697. The first-order valence-corrected chi connectivity index (χ1v) is 6.00. The molecular weight excluding hydrogens is 258 g/mol. The number of H-pyrrole nitrogens is 1. The van der Waals surface area contributed by atoms with E-state index in [4.69, 9.17) is 5.11 Å². The first kappa shape index (κ1) is 12.2. The van der Waals surface area contributed by atoms with Gasteiger partial charge < -0.3 is 10.1 Å². The third kappa shape index (κ3) is 2.07. The maximum Gasteiger partial charge on any atom is 0.335 e. The molecule has 1 aromatic carbocycles. The second-order valence-corrected chi connectivity index (χ2v) is 4.41. The first-order chi connectivity index (χ1) is 9.65. The second-order valence-electron chi connectivity index (χ2n) is 4.41. The predicted molar refractivity (Wildman–Crippen MR) is 72.9 cm³/mol. The fourth-order valence-electron chi connectivity index (χ4n) is 2.12. The van der Waals surface area contributed by atoms with Crippen molar-refractivity contribution in [3.05, 3.63) is 64.3 Å². The summed E-state index contributed by atoms with van der Waals surface area (Å²) in [6, 6.07) is 8.21. The summed E-state index contributed by atoms with van der Waals surface area (Å²) in [5.41, 5.74) is 1.93. The molecule has 6 nitrogen and oxygen atoms in total. The number of carboxylic acid groups (broad SMARTS) is 1. The molecule has 2 aromatic heterocycles. The Bertz CT molecular complexity index is 834. The van der Waals surface area contributed by atoms with Gasteiger partial charge in [-0.1, -0.05) is 6.07 Å². The molecule has 2 heterocycles. The van der Waals surface area contributed by atoms with Crippen molar-refractivity contribution in [1.82, 2.24) is 14.5 Å². The summed E-state index contributed by atoms with van der Waals surface area (Å²) < 4.78 is 1.50. The summed E-state index contributed by atoms with van der Waals surface area (Å²) in [7, 11) is 0. The van der Waals surface area contributed by atoms with Crippen LogP contribution in [0, 0.1) is 0 Å². The highest BCUT2D eigenvalue weighted by molar-refractivity contribution is 5.92. The van der Waals surface area contributed by atoms with Crippen molar-refractivity contribution in [3.8, 4) is 0 Å². The van der Waals surface area contributed by atoms with E-state index in [0.29, 0.717) is 17.6 Å². The number of nitrogens with zero attached hydrogens (tertiary/aromatic N) is 2. The Kier molecular flexibility index (Phi) is 2.83. The molecule has 0 saturated carbocycles. The molecule has 0 aliphatic rings. The van der Waals surface area contributed by atoms with Crippen molar-refractivity contribution in [3.63, 3.8) is 0 Å². The summed E-state index contributed by atoms with van der Waals surface area (Å²) in [5.74, 6) is -1.02. The van der Waals surface area contributed by atoms with Crippen LogP contribution in [0.15, 0.2) is 47.5 Å². The fourth-order valence-corrected chi connectivity index (χ4v) is 2.12. The number of hydrogen-bond donors (Lipinski definition) is 2. The predicted octanol–water partition coefficient (Wildman–Crippen LogP) is 1.47. The van der Waals surface area contributed by atoms with E-state index in [2.05, 4.69) is 9.97 Å². The number of hydrogen-bond acceptors (Lipinski definition) is 3. The number of nitrogens with one attached hydrogen (secondary N) is 1. The van der Waals surface area contributed by atoms with Crippen molar-refractivity contribution in [2.45, 2.75) is 6.54 Å². The van der Waals surface area contributed by atoms with Gasteiger partial charge in [-0.05, 0) is 29.8 Å². The summed E-state index contributed by atoms with van der Waals surface area (Å²) in [6.45, 7) is 0.343. The van der Waals surface area contributed by atoms with Crippen molar-refractivity contribution in [2.75, 3.05) is 0 Å². The Labute approximate surface area is 113 Å². The van der Waals surface area contributed by atoms with Gasteiger partial charge in [-0.25, -0.2) is 9.59 Å². The summed E-state index contributed by atoms with van der Waals surface area (Å²) in [6.07, 6.45) is 3.33. The van der Waals surface area contributed by atoms with Gasteiger partial charge in [0.15, 0.2) is 0 Å². The quantitative estimate of drug-likeness (QED) is 0.753. The zero-order valence-corrected chi connectivity index (χ0v) is 10.4. The molecule has 3 aromatic rings. The molecule has 0 amide bonds. The van der Waals surface area contributed by atoms with Crippen LogP contribution in [0.3, 0.4) is 0 Å². The van der Waals surface area contributed by atoms with Crippen LogP contribution in [-0.2, 0) is 6.54 Å². The van der Waals surface area contributed by atoms with Gasteiger partial charge in [-0.3, -0.25) is 9.55 Å². The van der Waals surface area contributed by atoms with Crippen molar-refractivity contribution >= 4 is 17.0 Å². The number of rotatable bonds is 3. The zero-order valence-electron chi connectivity index (χ0n) is 10.4. The maximum absolute atomic E-state index is 12.0. The lowest BCUT2D eigenvalue weighted by atomic mass is 10.2. The smallest absolute Gasteiger partial charge is 0.335 e. The molecule has 0 spiro atoms. The lowest BCUT2D eigenvalue weighted by Crippen LogP contribution is -2.17. The minimum atomic E-state index is -1.02. The summed E-state index contributed by atoms with van der Waals surface area (Å²) in [5, 5.41) is 9.02. The number of fused-ring (bicyclic) bond motifs is 1. The van der Waals surface area contributed by atoms with Crippen LogP contribution in [0.2, 0.25) is 0 Å². The van der Waals surface area contributed by atoms with E-state index < -0.39 is 5.97 Å². The molecule has 0 atom stereocenters. The molecule has 0 bridgehead atoms. The van der Waals surface area contributed by atoms with Crippen molar-refractivity contribution < 1.29 is 9.90 Å². The van der Waals surface area contributed by atoms with E-state index in [9.17, 15) is 9.59 Å². The van der Waals surface area contributed by atoms with E-state index in [1.54, 1.807) is 24.5 Å². The number of aromatic carboxylic acids is 1. The zero-order chi connectivity index (χ0) is 14.1. The van der Waals surface area contributed by atoms with Crippen LogP contribution in [0.1, 0.15) is 15.9 Å². The normalized spacial score (nSPS) is 10.8. The van der Waals surface area contributed by atoms with E-state index in [0.717, 1.165) is 5.56 Å². The average molecular weight is 269 g/mol. The highest BCUT2D eigenvalue weighted by atomic mass is 16.4. The van der Waals surface area contributed by atoms with Crippen molar-refractivity contribution in [1.29, 1.82) is 0 Å². The Hall–Kier alpha value is -2.89. The minimum absolute atomic E-state index is 0.149. The molecule has 0 aliphatic carbocycles. The Balaban J connectivity index is 2.14. The van der Waals surface area contributed by atoms with Crippen LogP contribution in [-0.4, -0.2) is 25.6 Å². The van der Waals surface area contributed by atoms with E-state index in [-0.39, 0.29) is 11.3 Å². The maximum atomic E-state index is 12.0. The van der Waals surface area contributed by atoms with Crippen molar-refractivity contribution in [2.24, 2.45) is 0 Å². The standard InChI is InChI=1S/C14H11N3O3/c18-13(19)10-3-4-11-12(6-10)17(14(20)16-11)8-9-2-1-5-15-7-9/h1-7H,8H2,(H,16,20)(H,18,19). The molecule has 0 saturated heterocycles. The molecule has 3 rings (SSSR count). The van der Waals surface area contributed by atoms with E-state index >= 15 is 0 Å². The summed E-state index contributed by atoms with van der Waals surface area (Å²) in [4.78, 5) is 29.7. The van der Waals surface area contributed by atoms with Gasteiger partial charge in [0, 0.05) is 12.4 Å². The van der Waals surface area contributed by atoms with Gasteiger partial charge in [-0.15, -0.1) is 0 Å². The van der Waals surface area contributed by atoms with Gasteiger partial charge in [0.2, 0.25) is 0 Å². The average Bonchev–Trinajstić information content (AvgIpc) is 2.75. The highest BCUT2D eigenvalue weighted by Crippen LogP contribution is 2.14. The van der Waals surface area contributed by atoms with E-state index in [1.165, 1.54) is 16.7 Å². The SMILES string of the molecule is O=C(O)c1ccc2[nH]c(=O)n(Cc3cccnc3)c2c1. The number of carbonyl (C=O) groups is 1. The molecule has 20 heavy (non-hydrogen) atoms. The number of pyridine rings is 1. The number of benzene rings is 1. The van der Waals surface area contributed by atoms with Crippen LogP contribution in [0.25, 0.3) is 11.0 Å². The Morgan fingerprint density at radius 2 is 2.20 bits per heavy atom. The molecule has 0 aliphatic heterocycles. The third-order valence-electron chi connectivity index (χ3n) is 3.09. The van der Waals surface area contributed by atoms with E-state index in [1.807, 2.05) is 6.07 Å². The highest BCUT2D eigenvalue weighted by Gasteiger charge is 2.10. The van der Waals surface area contributed by atoms with Gasteiger partial charge in [0.05, 0.1) is 23.1 Å². The fraction of sp³-hybridized carbons (Fsp3) is 0.0714. The van der Waals surface area contributed by atoms with Crippen LogP contribution in [0.5, 0.6) is 0 Å². The third-order valence-corrected chi connectivity index (χ3v) is 3.09. The lowest BCUT2D eigenvalue weighted by Gasteiger charge is -2.03. The molecule has 6 heteroatoms. The summed E-state index contributed by atoms with van der Waals surface area (Å²) >= 11 is 0. The van der Waals surface area contributed by atoms with Gasteiger partial charge in [0.25, 0.3) is 0 Å². The topological polar surface area (TPSA) is 88.0 Å². The molecule has 0 fully saturated rings. The monoisotopic (exact) mass is 269 g/mol. The largest absolute Gasteiger partial charge is 0.478 e. The second kappa shape index (κ2) is 4.65. The number of imidazole rings is 1. The van der Waals surface area contributed by atoms with Crippen LogP contribution in [0.4, 0.5) is 0 Å².